The van der Waals surface area contributed by atoms with E-state index < -0.39 is 29.8 Å². The molecule has 0 aliphatic carbocycles. The van der Waals surface area contributed by atoms with Crippen LogP contribution >= 0.6 is 31.9 Å². The first-order valence-corrected chi connectivity index (χ1v) is 30.0. The Bertz CT molecular complexity index is 2310. The fraction of sp³-hybridized carbons (Fsp3) is 0.491. The van der Waals surface area contributed by atoms with Gasteiger partial charge in [0, 0.05) is 78.7 Å². The maximum atomic E-state index is 14.0. The highest BCUT2D eigenvalue weighted by Crippen LogP contribution is 2.38. The summed E-state index contributed by atoms with van der Waals surface area (Å²) >= 11 is 6.91. The highest BCUT2D eigenvalue weighted by atomic mass is 79.9. The predicted molar refractivity (Wildman–Crippen MR) is 323 cm³/mol. The first-order valence-electron chi connectivity index (χ1n) is 24.4. The van der Waals surface area contributed by atoms with Gasteiger partial charge < -0.3 is 53.4 Å². The Hall–Kier alpha value is -4.89. The van der Waals surface area contributed by atoms with Gasteiger partial charge in [0.1, 0.15) is 17.8 Å². The van der Waals surface area contributed by atoms with E-state index in [2.05, 4.69) is 102 Å². The second-order valence-electron chi connectivity index (χ2n) is 16.2. The van der Waals surface area contributed by atoms with Crippen molar-refractivity contribution in [1.82, 2.24) is 5.32 Å². The van der Waals surface area contributed by atoms with Crippen LogP contribution in [0.3, 0.4) is 0 Å². The summed E-state index contributed by atoms with van der Waals surface area (Å²) in [6, 6.07) is 7.07. The summed E-state index contributed by atoms with van der Waals surface area (Å²) in [6.07, 6.45) is 17.1. The van der Waals surface area contributed by atoms with Gasteiger partial charge in [-0.2, -0.15) is 0 Å². The van der Waals surface area contributed by atoms with Crippen molar-refractivity contribution < 1.29 is 28.2 Å². The Balaban J connectivity index is -0.00000127. The number of rotatable bonds is 23. The number of aldehydes is 1. The number of hydrogen-bond acceptors (Lipinski definition) is 12. The molecule has 16 nitrogen and oxygen atoms in total. The van der Waals surface area contributed by atoms with Gasteiger partial charge >= 0.3 is 0 Å². The van der Waals surface area contributed by atoms with Crippen LogP contribution in [0.25, 0.3) is 0 Å². The molecule has 1 aliphatic rings. The summed E-state index contributed by atoms with van der Waals surface area (Å²) in [5, 5.41) is 14.5. The Morgan fingerprint density at radius 2 is 1.42 bits per heavy atom. The number of nitrogens with zero attached hydrogens (tertiary/aromatic N) is 2. The van der Waals surface area contributed by atoms with Gasteiger partial charge in [-0.25, -0.2) is 0 Å². The van der Waals surface area contributed by atoms with E-state index in [1.165, 1.54) is 45.4 Å². The number of allylic oxidation sites excluding steroid dienone is 2. The number of amidine groups is 1. The Morgan fingerprint density at radius 3 is 1.85 bits per heavy atom. The zero-order valence-electron chi connectivity index (χ0n) is 45.7. The van der Waals surface area contributed by atoms with E-state index in [1.54, 1.807) is 32.2 Å². The van der Waals surface area contributed by atoms with Crippen LogP contribution < -0.4 is 43.8 Å². The molecule has 0 spiro atoms. The van der Waals surface area contributed by atoms with Crippen molar-refractivity contribution in [3.63, 3.8) is 0 Å². The van der Waals surface area contributed by atoms with Gasteiger partial charge in [-0.1, -0.05) is 90.6 Å². The first kappa shape index (κ1) is 72.4. The molecular formula is C53H88Br2N10O6S2. The van der Waals surface area contributed by atoms with Gasteiger partial charge in [0.25, 0.3) is 11.8 Å². The predicted octanol–water partition coefficient (Wildman–Crippen LogP) is 10.7. The maximum Gasteiger partial charge on any atom is 0.274 e. The Morgan fingerprint density at radius 1 is 0.877 bits per heavy atom. The molecule has 0 saturated carbocycles. The van der Waals surface area contributed by atoms with Crippen LogP contribution in [0.2, 0.25) is 0 Å². The minimum absolute atomic E-state index is 0.0404. The number of carbonyl (C=O) groups excluding carboxylic acids is 5. The molecule has 73 heavy (non-hydrogen) atoms. The molecule has 0 radical (unpaired) electrons. The third-order valence-electron chi connectivity index (χ3n) is 9.63. The summed E-state index contributed by atoms with van der Waals surface area (Å²) < 4.78 is 15.3. The van der Waals surface area contributed by atoms with Crippen LogP contribution in [-0.2, 0) is 41.9 Å². The highest BCUT2D eigenvalue weighted by Gasteiger charge is 2.30. The van der Waals surface area contributed by atoms with Crippen LogP contribution in [0.4, 0.5) is 22.7 Å². The van der Waals surface area contributed by atoms with Crippen LogP contribution in [0.5, 0.6) is 0 Å². The molecule has 0 fully saturated rings. The monoisotopic (exact) mass is 1180 g/mol. The second kappa shape index (κ2) is 43.5. The van der Waals surface area contributed by atoms with Crippen molar-refractivity contribution in [2.75, 3.05) is 65.7 Å². The number of aliphatic imine (C=N–C) groups is 2. The van der Waals surface area contributed by atoms with E-state index in [1.807, 2.05) is 46.1 Å². The Labute approximate surface area is 457 Å². The summed E-state index contributed by atoms with van der Waals surface area (Å²) in [5.41, 5.74) is 19.6. The minimum Gasteiger partial charge on any atom is -0.388 e. The number of benzene rings is 2. The molecule has 2 aromatic carbocycles. The van der Waals surface area contributed by atoms with E-state index in [9.17, 15) is 28.2 Å². The molecule has 0 bridgehead atoms. The molecule has 20 heteroatoms. The van der Waals surface area contributed by atoms with Gasteiger partial charge in [0.05, 0.1) is 27.9 Å². The second-order valence-corrected chi connectivity index (χ2v) is 24.9. The fourth-order valence-electron chi connectivity index (χ4n) is 5.51. The number of hydrogen-bond donors (Lipinski definition) is 8. The van der Waals surface area contributed by atoms with Gasteiger partial charge in [-0.15, -0.1) is 16.0 Å². The van der Waals surface area contributed by atoms with Gasteiger partial charge in [-0.05, 0) is 129 Å². The smallest absolute Gasteiger partial charge is 0.274 e. The number of nitrogens with one attached hydrogen (secondary N) is 5. The van der Waals surface area contributed by atoms with E-state index >= 15 is 0 Å². The van der Waals surface area contributed by atoms with Crippen LogP contribution in [-0.4, -0.2) is 91.0 Å². The number of ketones is 1. The number of anilines is 4. The molecular weight excluding hydrogens is 1100 g/mol. The molecule has 0 saturated heterocycles. The standard InChI is InChI=1S/C29H35Br2N5O4S2.C7H14N2O.C7H16N2.C4H8.C3H9N.C3H6O/c1-7-17(3)21(15-26(33-8-2)29(39)35-23-12-19(30)11-22(32-5)18(23)4)28(38)36-25-14-20(31)13-24(34-16-37)27(25)42(40)10-9-41(42)6;1-7(8)9-5-3-2-4-6-10;1-3-4-5-6-9-7(2)8;1-3-4-2;1-2-3-4;1-3(2)4/h8,11-16,32H,7,9-10H2,1-6H3,(H,34,37)(H,35,39)(H,36,38);6,9H,1-5,8H2;3-6H2,1-2H3,(H2,8,9);3H,1,4H2,2H3;2-4H2,1H3;1-2H3/b21-17-,26-15-,33-8?;;;;;. The zero-order chi connectivity index (χ0) is 56.5. The lowest BCUT2D eigenvalue weighted by Crippen LogP contribution is -2.31. The van der Waals surface area contributed by atoms with E-state index in [0.29, 0.717) is 63.1 Å². The van der Waals surface area contributed by atoms with Crippen molar-refractivity contribution in [3.8, 4) is 0 Å². The molecule has 2 aromatic rings. The molecule has 1 aliphatic heterocycles. The lowest BCUT2D eigenvalue weighted by atomic mass is 10.0. The molecule has 0 aromatic heterocycles. The highest BCUT2D eigenvalue weighted by molar-refractivity contribution is 9.10. The van der Waals surface area contributed by atoms with Gasteiger partial charge in [-0.3, -0.25) is 28.6 Å². The molecule has 11 N–H and O–H groups in total. The van der Waals surface area contributed by atoms with Crippen molar-refractivity contribution in [2.24, 2.45) is 27.2 Å². The lowest BCUT2D eigenvalue weighted by Gasteiger charge is -2.28. The number of amides is 3. The molecule has 2 atom stereocenters. The summed E-state index contributed by atoms with van der Waals surface area (Å²) in [5.74, 6) is 1.67. The number of unbranched alkanes of at least 4 members (excludes halogenated alkanes) is 4. The van der Waals surface area contributed by atoms with Crippen molar-refractivity contribution >= 4 is 115 Å². The minimum atomic E-state index is -2.49. The average Bonchev–Trinajstić information content (AvgIpc) is 3.34. The van der Waals surface area contributed by atoms with Crippen molar-refractivity contribution in [1.29, 1.82) is 0 Å². The number of Topliss-reactive ketones (excluding diaryl/α,β-unsaturated/α-hetero) is 1. The quantitative estimate of drug-likeness (QED) is 0.00986. The van der Waals surface area contributed by atoms with Crippen LogP contribution in [0.1, 0.15) is 126 Å². The summed E-state index contributed by atoms with van der Waals surface area (Å²) in [6.45, 7) is 28.0. The zero-order valence-corrected chi connectivity index (χ0v) is 50.5. The number of carbonyl (C=O) groups is 5. The van der Waals surface area contributed by atoms with Crippen molar-refractivity contribution in [3.05, 3.63) is 86.7 Å². The third-order valence-corrected chi connectivity index (χ3v) is 18.6. The Kier molecular flexibility index (Phi) is 43.1. The maximum absolute atomic E-state index is 14.0. The summed E-state index contributed by atoms with van der Waals surface area (Å²) in [4.78, 5) is 66.8. The topological polar surface area (TPSA) is 265 Å². The van der Waals surface area contributed by atoms with E-state index in [-0.39, 0.29) is 17.1 Å². The number of halogens is 2. The van der Waals surface area contributed by atoms with Crippen LogP contribution in [0.15, 0.2) is 96.1 Å². The molecule has 3 amide bonds. The molecule has 2 unspecified atom stereocenters. The number of nitrogens with two attached hydrogens (primary N) is 3. The lowest BCUT2D eigenvalue weighted by molar-refractivity contribution is -0.115. The SMILES string of the molecule is C=C(N)NCCCCC=O.C=CCC.CC(C)=O.CC=N/C(=C\C(C(=O)Nc1cc(Br)cc(NC=O)c1S1(=O)=S(C)CC1)=C(/C)CC)C(=O)Nc1cc(Br)cc(NC)c1C.CCCCCN=C(C)N.CCCN. The molecule has 1 heterocycles. The first-order chi connectivity index (χ1) is 34.5. The molecule has 3 rings (SSSR count). The van der Waals surface area contributed by atoms with Gasteiger partial charge in [0.15, 0.2) is 0 Å². The van der Waals surface area contributed by atoms with E-state index in [0.717, 1.165) is 78.7 Å². The third kappa shape index (κ3) is 32.1. The fourth-order valence-corrected chi connectivity index (χ4v) is 12.4. The largest absolute Gasteiger partial charge is 0.388 e. The van der Waals surface area contributed by atoms with Gasteiger partial charge in [0.2, 0.25) is 6.41 Å². The van der Waals surface area contributed by atoms with Crippen LogP contribution in [0, 0.1) is 6.92 Å². The summed E-state index contributed by atoms with van der Waals surface area (Å²) in [7, 11) is -1.10. The molecule has 412 valence electrons. The average molecular weight is 1190 g/mol. The normalized spacial score (nSPS) is 14.8. The van der Waals surface area contributed by atoms with E-state index in [4.69, 9.17) is 17.2 Å². The van der Waals surface area contributed by atoms with Crippen molar-refractivity contribution in [2.45, 2.75) is 132 Å².